The van der Waals surface area contributed by atoms with Gasteiger partial charge in [-0.1, -0.05) is 18.2 Å². The highest BCUT2D eigenvalue weighted by atomic mass is 32.1. The van der Waals surface area contributed by atoms with Crippen molar-refractivity contribution < 1.29 is 4.79 Å². The predicted octanol–water partition coefficient (Wildman–Crippen LogP) is 5.34. The summed E-state index contributed by atoms with van der Waals surface area (Å²) in [5.74, 6) is 2.54. The van der Waals surface area contributed by atoms with Gasteiger partial charge in [-0.25, -0.2) is 4.98 Å². The van der Waals surface area contributed by atoms with Gasteiger partial charge < -0.3 is 9.47 Å². The van der Waals surface area contributed by atoms with Crippen LogP contribution in [0, 0.1) is 12.3 Å². The van der Waals surface area contributed by atoms with Crippen molar-refractivity contribution in [1.82, 2.24) is 9.55 Å². The van der Waals surface area contributed by atoms with Crippen LogP contribution in [0.3, 0.4) is 0 Å². The van der Waals surface area contributed by atoms with Gasteiger partial charge >= 0.3 is 0 Å². The molecule has 0 spiro atoms. The normalized spacial score (nSPS) is 15.8. The van der Waals surface area contributed by atoms with Gasteiger partial charge in [0, 0.05) is 36.8 Å². The van der Waals surface area contributed by atoms with Gasteiger partial charge in [-0.2, -0.15) is 0 Å². The van der Waals surface area contributed by atoms with E-state index < -0.39 is 0 Å². The van der Waals surface area contributed by atoms with Gasteiger partial charge in [0.1, 0.15) is 5.69 Å². The topological polar surface area (TPSA) is 50.2 Å². The monoisotopic (exact) mass is 418 g/mol. The lowest BCUT2D eigenvalue weighted by molar-refractivity contribution is 0.101. The Morgan fingerprint density at radius 1 is 1.23 bits per heavy atom. The quantitative estimate of drug-likeness (QED) is 0.397. The maximum Gasteiger partial charge on any atom is 0.274 e. The number of benzene rings is 1. The molecule has 30 heavy (non-hydrogen) atoms. The Balaban J connectivity index is 1.41. The smallest absolute Gasteiger partial charge is 0.274 e. The van der Waals surface area contributed by atoms with Crippen molar-refractivity contribution in [2.45, 2.75) is 44.7 Å². The molecule has 0 bridgehead atoms. The number of rotatable bonds is 8. The van der Waals surface area contributed by atoms with Crippen LogP contribution in [0.1, 0.15) is 54.3 Å². The van der Waals surface area contributed by atoms with Crippen LogP contribution in [0.4, 0.5) is 10.8 Å². The number of amides is 1. The molecule has 3 aromatic rings. The van der Waals surface area contributed by atoms with Crippen molar-refractivity contribution >= 4 is 28.1 Å². The number of nitrogens with zero attached hydrogens (tertiary/aromatic N) is 3. The first-order valence-electron chi connectivity index (χ1n) is 10.4. The summed E-state index contributed by atoms with van der Waals surface area (Å²) in [5.41, 5.74) is 2.90. The standard InChI is InChI=1S/C24H26N4OS/c1-2-3-4-8-15-27-16-9-14-22(27)23(29)26-24-25-20(18-30-24)21-13-10-17-28(21)19-11-6-5-7-12-19/h1,5-7,9,11-12,14,16,18,21H,3-4,8,10,13,15,17H2,(H,25,26,29)/t21-/m1/s1. The Bertz CT molecular complexity index is 1020. The van der Waals surface area contributed by atoms with Gasteiger partial charge in [0.15, 0.2) is 5.13 Å². The number of para-hydroxylation sites is 1. The number of carbonyl (C=O) groups excluding carboxylic acids is 1. The molecule has 0 unspecified atom stereocenters. The zero-order valence-electron chi connectivity index (χ0n) is 17.0. The van der Waals surface area contributed by atoms with Gasteiger partial charge in [-0.15, -0.1) is 23.7 Å². The SMILES string of the molecule is C#CCCCCn1cccc1C(=O)Nc1nc([C@H]2CCCN2c2ccccc2)cs1. The number of carbonyl (C=O) groups is 1. The number of terminal acetylenes is 1. The molecular weight excluding hydrogens is 392 g/mol. The summed E-state index contributed by atoms with van der Waals surface area (Å²) in [5, 5.41) is 5.70. The van der Waals surface area contributed by atoms with Crippen LogP contribution in [-0.2, 0) is 6.54 Å². The Hall–Kier alpha value is -3.04. The third-order valence-electron chi connectivity index (χ3n) is 5.46. The maximum absolute atomic E-state index is 12.8. The fraction of sp³-hybridized carbons (Fsp3) is 0.333. The molecule has 3 heterocycles. The van der Waals surface area contributed by atoms with Gasteiger partial charge in [0.05, 0.1) is 11.7 Å². The molecule has 4 rings (SSSR count). The lowest BCUT2D eigenvalue weighted by Gasteiger charge is -2.25. The molecule has 1 amide bonds. The van der Waals surface area contributed by atoms with Gasteiger partial charge in [0.2, 0.25) is 0 Å². The van der Waals surface area contributed by atoms with Crippen LogP contribution < -0.4 is 10.2 Å². The molecule has 1 aliphatic heterocycles. The van der Waals surface area contributed by atoms with Gasteiger partial charge in [0.25, 0.3) is 5.91 Å². The first-order valence-corrected chi connectivity index (χ1v) is 11.3. The highest BCUT2D eigenvalue weighted by Crippen LogP contribution is 2.37. The first kappa shape index (κ1) is 20.2. The van der Waals surface area contributed by atoms with E-state index >= 15 is 0 Å². The van der Waals surface area contributed by atoms with Crippen molar-refractivity contribution in [2.75, 3.05) is 16.8 Å². The third kappa shape index (κ3) is 4.58. The van der Waals surface area contributed by atoms with Gasteiger partial charge in [-0.05, 0) is 49.9 Å². The van der Waals surface area contributed by atoms with Crippen LogP contribution >= 0.6 is 11.3 Å². The van der Waals surface area contributed by atoms with E-state index in [1.807, 2.05) is 29.0 Å². The summed E-state index contributed by atoms with van der Waals surface area (Å²) in [6.07, 6.45) is 12.2. The zero-order valence-corrected chi connectivity index (χ0v) is 17.8. The molecule has 0 aliphatic carbocycles. The summed E-state index contributed by atoms with van der Waals surface area (Å²) < 4.78 is 1.98. The maximum atomic E-state index is 12.8. The average molecular weight is 419 g/mol. The van der Waals surface area contributed by atoms with E-state index in [9.17, 15) is 4.79 Å². The van der Waals surface area contributed by atoms with Crippen molar-refractivity contribution in [3.05, 3.63) is 65.4 Å². The van der Waals surface area contributed by atoms with Crippen LogP contribution in [0.25, 0.3) is 0 Å². The summed E-state index contributed by atoms with van der Waals surface area (Å²) in [7, 11) is 0. The molecular formula is C24H26N4OS. The molecule has 154 valence electrons. The number of hydrogen-bond donors (Lipinski definition) is 1. The summed E-state index contributed by atoms with van der Waals surface area (Å²) >= 11 is 1.49. The number of aromatic nitrogens is 2. The Labute approximate surface area is 181 Å². The van der Waals surface area contributed by atoms with E-state index in [1.54, 1.807) is 0 Å². The van der Waals surface area contributed by atoms with Crippen molar-refractivity contribution in [2.24, 2.45) is 0 Å². The first-order chi connectivity index (χ1) is 14.8. The van der Waals surface area contributed by atoms with E-state index in [2.05, 4.69) is 45.8 Å². The fourth-order valence-corrected chi connectivity index (χ4v) is 4.74. The fourth-order valence-electron chi connectivity index (χ4n) is 3.98. The minimum Gasteiger partial charge on any atom is -0.363 e. The van der Waals surface area contributed by atoms with Crippen LogP contribution in [0.15, 0.2) is 54.0 Å². The van der Waals surface area contributed by atoms with E-state index in [-0.39, 0.29) is 11.9 Å². The Kier molecular flexibility index (Phi) is 6.50. The number of nitrogens with one attached hydrogen (secondary N) is 1. The minimum atomic E-state index is -0.121. The second-order valence-corrected chi connectivity index (χ2v) is 8.32. The lowest BCUT2D eigenvalue weighted by atomic mass is 10.1. The molecule has 1 aliphatic rings. The molecule has 1 aromatic carbocycles. The van der Waals surface area contributed by atoms with Crippen molar-refractivity contribution in [1.29, 1.82) is 0 Å². The van der Waals surface area contributed by atoms with E-state index in [0.717, 1.165) is 50.9 Å². The second kappa shape index (κ2) is 9.64. The summed E-state index contributed by atoms with van der Waals surface area (Å²) in [6, 6.07) is 14.5. The highest BCUT2D eigenvalue weighted by Gasteiger charge is 2.28. The number of aryl methyl sites for hydroxylation is 1. The average Bonchev–Trinajstić information content (AvgIpc) is 3.52. The molecule has 1 saturated heterocycles. The Morgan fingerprint density at radius 3 is 2.93 bits per heavy atom. The summed E-state index contributed by atoms with van der Waals surface area (Å²) in [6.45, 7) is 1.82. The number of hydrogen-bond acceptors (Lipinski definition) is 4. The van der Waals surface area contributed by atoms with Crippen LogP contribution in [0.2, 0.25) is 0 Å². The highest BCUT2D eigenvalue weighted by molar-refractivity contribution is 7.14. The Morgan fingerprint density at radius 2 is 2.10 bits per heavy atom. The largest absolute Gasteiger partial charge is 0.363 e. The second-order valence-electron chi connectivity index (χ2n) is 7.47. The molecule has 6 heteroatoms. The van der Waals surface area contributed by atoms with E-state index in [4.69, 9.17) is 11.4 Å². The van der Waals surface area contributed by atoms with Gasteiger partial charge in [-0.3, -0.25) is 10.1 Å². The van der Waals surface area contributed by atoms with E-state index in [1.165, 1.54) is 17.0 Å². The number of unbranched alkanes of at least 4 members (excludes halogenated alkanes) is 2. The summed E-state index contributed by atoms with van der Waals surface area (Å²) in [4.78, 5) is 19.9. The predicted molar refractivity (Wildman–Crippen MR) is 123 cm³/mol. The molecule has 5 nitrogen and oxygen atoms in total. The van der Waals surface area contributed by atoms with Crippen molar-refractivity contribution in [3.63, 3.8) is 0 Å². The van der Waals surface area contributed by atoms with E-state index in [0.29, 0.717) is 10.8 Å². The minimum absolute atomic E-state index is 0.121. The zero-order chi connectivity index (χ0) is 20.8. The van der Waals surface area contributed by atoms with Crippen LogP contribution in [0.5, 0.6) is 0 Å². The third-order valence-corrected chi connectivity index (χ3v) is 6.23. The molecule has 0 radical (unpaired) electrons. The molecule has 0 saturated carbocycles. The molecule has 1 fully saturated rings. The molecule has 1 N–H and O–H groups in total. The number of thiazole rings is 1. The lowest BCUT2D eigenvalue weighted by Crippen LogP contribution is -2.22. The van der Waals surface area contributed by atoms with Crippen molar-refractivity contribution in [3.8, 4) is 12.3 Å². The molecule has 1 atom stereocenters. The molecule has 2 aromatic heterocycles. The van der Waals surface area contributed by atoms with Crippen LogP contribution in [-0.4, -0.2) is 22.0 Å². The number of anilines is 2.